The normalized spacial score (nSPS) is 20.1. The average molecular weight is 401 g/mol. The molecular formula is C23H29ClN2O2. The molecule has 1 aliphatic heterocycles. The highest BCUT2D eigenvalue weighted by Crippen LogP contribution is 2.28. The van der Waals surface area contributed by atoms with E-state index in [1.54, 1.807) is 12.1 Å². The fraction of sp³-hybridized carbons (Fsp3) is 0.435. The average Bonchev–Trinajstić information content (AvgIpc) is 2.69. The first-order valence-electron chi connectivity index (χ1n) is 9.99. The van der Waals surface area contributed by atoms with Crippen LogP contribution in [0.1, 0.15) is 25.8 Å². The number of nitrogens with zero attached hydrogens (tertiary/aromatic N) is 2. The van der Waals surface area contributed by atoms with Gasteiger partial charge in [0.25, 0.3) is 0 Å². The molecule has 3 rings (SSSR count). The third-order valence-corrected chi connectivity index (χ3v) is 5.82. The van der Waals surface area contributed by atoms with Crippen molar-refractivity contribution >= 4 is 23.2 Å². The Bertz CT molecular complexity index is 768. The molecule has 0 radical (unpaired) electrons. The van der Waals surface area contributed by atoms with E-state index in [9.17, 15) is 4.79 Å². The van der Waals surface area contributed by atoms with Crippen LogP contribution in [0.5, 0.6) is 0 Å². The zero-order valence-electron chi connectivity index (χ0n) is 16.7. The molecule has 0 bridgehead atoms. The van der Waals surface area contributed by atoms with Crippen molar-refractivity contribution in [1.82, 2.24) is 4.90 Å². The number of para-hydroxylation sites is 1. The van der Waals surface area contributed by atoms with Crippen LogP contribution in [0, 0.1) is 11.8 Å². The highest BCUT2D eigenvalue weighted by molar-refractivity contribution is 6.33. The summed E-state index contributed by atoms with van der Waals surface area (Å²) >= 11 is 6.24. The van der Waals surface area contributed by atoms with Gasteiger partial charge in [0.1, 0.15) is 0 Å². The van der Waals surface area contributed by atoms with Crippen LogP contribution in [-0.4, -0.2) is 37.0 Å². The van der Waals surface area contributed by atoms with Crippen molar-refractivity contribution in [3.63, 3.8) is 0 Å². The molecule has 1 heterocycles. The van der Waals surface area contributed by atoms with Crippen molar-refractivity contribution in [3.8, 4) is 0 Å². The van der Waals surface area contributed by atoms with Gasteiger partial charge in [-0.15, -0.1) is 0 Å². The zero-order valence-corrected chi connectivity index (χ0v) is 17.4. The smallest absolute Gasteiger partial charge is 0.247 e. The van der Waals surface area contributed by atoms with Crippen LogP contribution in [0.2, 0.25) is 5.02 Å². The zero-order chi connectivity index (χ0) is 19.9. The minimum absolute atomic E-state index is 0.166. The van der Waals surface area contributed by atoms with Crippen molar-refractivity contribution in [2.75, 3.05) is 31.3 Å². The number of halogens is 1. The van der Waals surface area contributed by atoms with Gasteiger partial charge in [-0.2, -0.15) is 5.06 Å². The molecule has 0 unspecified atom stereocenters. The van der Waals surface area contributed by atoms with E-state index in [0.717, 1.165) is 32.5 Å². The number of hydrogen-bond acceptors (Lipinski definition) is 3. The van der Waals surface area contributed by atoms with E-state index in [1.807, 2.05) is 12.1 Å². The fourth-order valence-electron chi connectivity index (χ4n) is 3.78. The van der Waals surface area contributed by atoms with Gasteiger partial charge in [0, 0.05) is 20.0 Å². The Kier molecular flexibility index (Phi) is 7.49. The van der Waals surface area contributed by atoms with Gasteiger partial charge in [-0.3, -0.25) is 9.63 Å². The Labute approximate surface area is 173 Å². The lowest BCUT2D eigenvalue weighted by Crippen LogP contribution is -2.43. The maximum Gasteiger partial charge on any atom is 0.247 e. The SMILES string of the molecule is CC(=O)N(OC[C@@H]1CCN(CCc2ccccc2)C[C@@H]1C)c1ccccc1Cl. The van der Waals surface area contributed by atoms with E-state index in [4.69, 9.17) is 16.4 Å². The maximum absolute atomic E-state index is 12.1. The van der Waals surface area contributed by atoms with Gasteiger partial charge in [-0.05, 0) is 48.9 Å². The number of amides is 1. The van der Waals surface area contributed by atoms with Gasteiger partial charge in [0.05, 0.1) is 17.3 Å². The predicted molar refractivity (Wildman–Crippen MR) is 114 cm³/mol. The number of hydroxylamine groups is 1. The molecule has 2 aromatic carbocycles. The number of rotatable bonds is 7. The molecule has 28 heavy (non-hydrogen) atoms. The molecule has 0 aliphatic carbocycles. The second-order valence-electron chi connectivity index (χ2n) is 7.62. The first-order chi connectivity index (χ1) is 13.5. The van der Waals surface area contributed by atoms with Crippen LogP contribution in [0.25, 0.3) is 0 Å². The van der Waals surface area contributed by atoms with Gasteiger partial charge < -0.3 is 4.90 Å². The summed E-state index contributed by atoms with van der Waals surface area (Å²) in [5.41, 5.74) is 1.99. The van der Waals surface area contributed by atoms with Gasteiger partial charge in [-0.25, -0.2) is 0 Å². The summed E-state index contributed by atoms with van der Waals surface area (Å²) in [5.74, 6) is 0.780. The quantitative estimate of drug-likeness (QED) is 0.624. The molecular weight excluding hydrogens is 372 g/mol. The lowest BCUT2D eigenvalue weighted by atomic mass is 9.87. The Hall–Kier alpha value is -1.88. The van der Waals surface area contributed by atoms with Crippen molar-refractivity contribution in [1.29, 1.82) is 0 Å². The predicted octanol–water partition coefficient (Wildman–Crippen LogP) is 4.83. The number of carbonyl (C=O) groups excluding carboxylic acids is 1. The van der Waals surface area contributed by atoms with Gasteiger partial charge >= 0.3 is 0 Å². The molecule has 2 atom stereocenters. The van der Waals surface area contributed by atoms with E-state index >= 15 is 0 Å². The molecule has 0 saturated carbocycles. The molecule has 2 aromatic rings. The van der Waals surface area contributed by atoms with E-state index in [-0.39, 0.29) is 5.91 Å². The van der Waals surface area contributed by atoms with Crippen LogP contribution >= 0.6 is 11.6 Å². The molecule has 1 saturated heterocycles. The lowest BCUT2D eigenvalue weighted by molar-refractivity contribution is -0.125. The number of benzene rings is 2. The van der Waals surface area contributed by atoms with Crippen molar-refractivity contribution < 1.29 is 9.63 Å². The molecule has 1 amide bonds. The van der Waals surface area contributed by atoms with Crippen LogP contribution < -0.4 is 5.06 Å². The Balaban J connectivity index is 1.50. The van der Waals surface area contributed by atoms with E-state index in [0.29, 0.717) is 29.2 Å². The Morgan fingerprint density at radius 2 is 1.89 bits per heavy atom. The third-order valence-electron chi connectivity index (χ3n) is 5.50. The number of likely N-dealkylation sites (tertiary alicyclic amines) is 1. The Morgan fingerprint density at radius 1 is 1.18 bits per heavy atom. The first-order valence-corrected chi connectivity index (χ1v) is 10.4. The Morgan fingerprint density at radius 3 is 2.57 bits per heavy atom. The van der Waals surface area contributed by atoms with Gasteiger partial charge in [0.2, 0.25) is 5.91 Å². The maximum atomic E-state index is 12.1. The van der Waals surface area contributed by atoms with Crippen molar-refractivity contribution in [3.05, 3.63) is 65.2 Å². The summed E-state index contributed by atoms with van der Waals surface area (Å²) in [6.07, 6.45) is 2.16. The van der Waals surface area contributed by atoms with Gasteiger partial charge in [0.15, 0.2) is 0 Å². The molecule has 1 fully saturated rings. The molecule has 0 aromatic heterocycles. The number of carbonyl (C=O) groups is 1. The number of piperidine rings is 1. The minimum atomic E-state index is -0.166. The van der Waals surface area contributed by atoms with Crippen LogP contribution in [0.4, 0.5) is 5.69 Å². The van der Waals surface area contributed by atoms with E-state index in [1.165, 1.54) is 17.6 Å². The largest absolute Gasteiger partial charge is 0.303 e. The number of anilines is 1. The van der Waals surface area contributed by atoms with Crippen LogP contribution in [0.15, 0.2) is 54.6 Å². The monoisotopic (exact) mass is 400 g/mol. The van der Waals surface area contributed by atoms with Crippen LogP contribution in [-0.2, 0) is 16.1 Å². The molecule has 1 aliphatic rings. The molecule has 0 N–H and O–H groups in total. The van der Waals surface area contributed by atoms with E-state index in [2.05, 4.69) is 42.2 Å². The second kappa shape index (κ2) is 10.1. The summed E-state index contributed by atoms with van der Waals surface area (Å²) < 4.78 is 0. The molecule has 0 spiro atoms. The highest BCUT2D eigenvalue weighted by atomic mass is 35.5. The topological polar surface area (TPSA) is 32.8 Å². The summed E-state index contributed by atoms with van der Waals surface area (Å²) in [5, 5.41) is 1.85. The lowest BCUT2D eigenvalue weighted by Gasteiger charge is -2.37. The first kappa shape index (κ1) is 20.8. The van der Waals surface area contributed by atoms with Crippen molar-refractivity contribution in [2.24, 2.45) is 11.8 Å². The highest BCUT2D eigenvalue weighted by Gasteiger charge is 2.27. The minimum Gasteiger partial charge on any atom is -0.303 e. The summed E-state index contributed by atoms with van der Waals surface area (Å²) in [4.78, 5) is 20.5. The molecule has 4 nitrogen and oxygen atoms in total. The number of hydrogen-bond donors (Lipinski definition) is 0. The summed E-state index contributed by atoms with van der Waals surface area (Å²) in [6.45, 7) is 7.51. The molecule has 5 heteroatoms. The van der Waals surface area contributed by atoms with Crippen LogP contribution in [0.3, 0.4) is 0 Å². The van der Waals surface area contributed by atoms with E-state index < -0.39 is 0 Å². The third kappa shape index (κ3) is 5.57. The summed E-state index contributed by atoms with van der Waals surface area (Å²) in [6, 6.07) is 17.9. The molecule has 150 valence electrons. The fourth-order valence-corrected chi connectivity index (χ4v) is 3.99. The standard InChI is InChI=1S/C23H29ClN2O2/c1-18-16-25(14-12-20-8-4-3-5-9-20)15-13-21(18)17-28-26(19(2)27)23-11-7-6-10-22(23)24/h3-11,18,21H,12-17H2,1-2H3/t18-,21-/m0/s1. The summed E-state index contributed by atoms with van der Waals surface area (Å²) in [7, 11) is 0. The van der Waals surface area contributed by atoms with Gasteiger partial charge in [-0.1, -0.05) is 61.0 Å². The van der Waals surface area contributed by atoms with Crippen molar-refractivity contribution in [2.45, 2.75) is 26.7 Å². The second-order valence-corrected chi connectivity index (χ2v) is 8.03.